The van der Waals surface area contributed by atoms with Crippen LogP contribution in [0.1, 0.15) is 12.0 Å². The molecule has 0 saturated carbocycles. The monoisotopic (exact) mass is 129 g/mol. The number of terminal acetylenes is 1. The van der Waals surface area contributed by atoms with Crippen LogP contribution >= 0.6 is 0 Å². The van der Waals surface area contributed by atoms with E-state index in [0.29, 0.717) is 0 Å². The van der Waals surface area contributed by atoms with Gasteiger partial charge in [-0.3, -0.25) is 0 Å². The highest BCUT2D eigenvalue weighted by Gasteiger charge is 1.86. The highest BCUT2D eigenvalue weighted by Crippen LogP contribution is 2.00. The average Bonchev–Trinajstić information content (AvgIpc) is 2.03. The van der Waals surface area contributed by atoms with E-state index in [4.69, 9.17) is 6.42 Å². The Kier molecular flexibility index (Phi) is 2.58. The molecule has 1 aromatic rings. The first-order valence-corrected chi connectivity index (χ1v) is 3.32. The Bertz CT molecular complexity index is 216. The van der Waals surface area contributed by atoms with E-state index in [0.717, 1.165) is 12.8 Å². The molecule has 0 aliphatic carbocycles. The van der Waals surface area contributed by atoms with Gasteiger partial charge in [0.1, 0.15) is 0 Å². The fourth-order valence-corrected chi connectivity index (χ4v) is 0.803. The zero-order valence-electron chi connectivity index (χ0n) is 5.80. The van der Waals surface area contributed by atoms with Gasteiger partial charge in [-0.1, -0.05) is 24.3 Å². The summed E-state index contributed by atoms with van der Waals surface area (Å²) >= 11 is 0. The normalized spacial score (nSPS) is 8.70. The standard InChI is InChI=1S/C10H9/c1-2-3-7-10-8-5-4-6-9-10/h1,4-5,8-9H,3,7H2. The SMILES string of the molecule is C#CCCc1c[c]ccc1. The Balaban J connectivity index is 2.52. The van der Waals surface area contributed by atoms with Crippen LogP contribution in [0.5, 0.6) is 0 Å². The van der Waals surface area contributed by atoms with Crippen LogP contribution in [-0.4, -0.2) is 0 Å². The van der Waals surface area contributed by atoms with Crippen molar-refractivity contribution in [3.8, 4) is 12.3 Å². The van der Waals surface area contributed by atoms with Crippen LogP contribution in [0.3, 0.4) is 0 Å². The largest absolute Gasteiger partial charge is 0.120 e. The molecule has 0 heteroatoms. The smallest absolute Gasteiger partial charge is 0.0127 e. The molecule has 1 rings (SSSR count). The fraction of sp³-hybridized carbons (Fsp3) is 0.200. The topological polar surface area (TPSA) is 0 Å². The molecule has 0 bridgehead atoms. The van der Waals surface area contributed by atoms with Crippen LogP contribution in [0, 0.1) is 18.4 Å². The van der Waals surface area contributed by atoms with E-state index >= 15 is 0 Å². The van der Waals surface area contributed by atoms with Crippen LogP contribution in [0.15, 0.2) is 24.3 Å². The summed E-state index contributed by atoms with van der Waals surface area (Å²) in [5.41, 5.74) is 1.26. The minimum absolute atomic E-state index is 0.817. The summed E-state index contributed by atoms with van der Waals surface area (Å²) in [6.07, 6.45) is 6.90. The van der Waals surface area contributed by atoms with Crippen molar-refractivity contribution < 1.29 is 0 Å². The lowest BCUT2D eigenvalue weighted by molar-refractivity contribution is 1.03. The first kappa shape index (κ1) is 6.89. The van der Waals surface area contributed by atoms with Crippen LogP contribution < -0.4 is 0 Å². The Labute approximate surface area is 61.9 Å². The van der Waals surface area contributed by atoms with Crippen LogP contribution in [0.25, 0.3) is 0 Å². The zero-order valence-corrected chi connectivity index (χ0v) is 5.80. The van der Waals surface area contributed by atoms with Crippen LogP contribution in [0.2, 0.25) is 0 Å². The lowest BCUT2D eigenvalue weighted by Crippen LogP contribution is -1.80. The van der Waals surface area contributed by atoms with Crippen molar-refractivity contribution in [1.82, 2.24) is 0 Å². The summed E-state index contributed by atoms with van der Waals surface area (Å²) in [5, 5.41) is 0. The number of hydrogen-bond donors (Lipinski definition) is 0. The second kappa shape index (κ2) is 3.74. The van der Waals surface area contributed by atoms with Crippen molar-refractivity contribution in [2.45, 2.75) is 12.8 Å². The molecule has 0 spiro atoms. The summed E-state index contributed by atoms with van der Waals surface area (Å²) in [4.78, 5) is 0. The second-order valence-electron chi connectivity index (χ2n) is 2.12. The van der Waals surface area contributed by atoms with E-state index in [-0.39, 0.29) is 0 Å². The van der Waals surface area contributed by atoms with Gasteiger partial charge in [-0.2, -0.15) is 0 Å². The van der Waals surface area contributed by atoms with Crippen molar-refractivity contribution in [1.29, 1.82) is 0 Å². The lowest BCUT2D eigenvalue weighted by Gasteiger charge is -1.93. The molecule has 0 saturated heterocycles. The molecule has 0 nitrogen and oxygen atoms in total. The molecule has 0 aliphatic heterocycles. The third-order valence-electron chi connectivity index (χ3n) is 1.33. The molecule has 0 aliphatic rings. The highest BCUT2D eigenvalue weighted by atomic mass is 13.9. The summed E-state index contributed by atoms with van der Waals surface area (Å²) in [5.74, 6) is 2.60. The molecule has 0 amide bonds. The van der Waals surface area contributed by atoms with Gasteiger partial charge < -0.3 is 0 Å². The van der Waals surface area contributed by atoms with Crippen LogP contribution in [-0.2, 0) is 6.42 Å². The minimum atomic E-state index is 0.817. The van der Waals surface area contributed by atoms with Gasteiger partial charge in [0.15, 0.2) is 0 Å². The molecular weight excluding hydrogens is 120 g/mol. The summed E-state index contributed by atoms with van der Waals surface area (Å²) in [6, 6.07) is 10.9. The summed E-state index contributed by atoms with van der Waals surface area (Å²) in [7, 11) is 0. The van der Waals surface area contributed by atoms with Gasteiger partial charge in [-0.15, -0.1) is 12.3 Å². The Morgan fingerprint density at radius 1 is 1.60 bits per heavy atom. The third-order valence-corrected chi connectivity index (χ3v) is 1.33. The van der Waals surface area contributed by atoms with Crippen molar-refractivity contribution in [3.05, 3.63) is 35.9 Å². The molecule has 1 radical (unpaired) electrons. The molecular formula is C10H9. The first-order chi connectivity index (χ1) is 4.93. The quantitative estimate of drug-likeness (QED) is 0.536. The van der Waals surface area contributed by atoms with Crippen molar-refractivity contribution in [2.24, 2.45) is 0 Å². The summed E-state index contributed by atoms with van der Waals surface area (Å²) < 4.78 is 0. The van der Waals surface area contributed by atoms with Gasteiger partial charge in [0.2, 0.25) is 0 Å². The maximum atomic E-state index is 5.12. The van der Waals surface area contributed by atoms with Crippen molar-refractivity contribution in [2.75, 3.05) is 0 Å². The Morgan fingerprint density at radius 3 is 3.10 bits per heavy atom. The van der Waals surface area contributed by atoms with Gasteiger partial charge in [-0.25, -0.2) is 0 Å². The average molecular weight is 129 g/mol. The molecule has 0 heterocycles. The first-order valence-electron chi connectivity index (χ1n) is 3.32. The van der Waals surface area contributed by atoms with Crippen LogP contribution in [0.4, 0.5) is 0 Å². The van der Waals surface area contributed by atoms with E-state index in [1.165, 1.54) is 5.56 Å². The summed E-state index contributed by atoms with van der Waals surface area (Å²) in [6.45, 7) is 0. The van der Waals surface area contributed by atoms with E-state index in [9.17, 15) is 0 Å². The molecule has 1 aromatic carbocycles. The second-order valence-corrected chi connectivity index (χ2v) is 2.12. The minimum Gasteiger partial charge on any atom is -0.120 e. The zero-order chi connectivity index (χ0) is 7.23. The molecule has 0 N–H and O–H groups in total. The Hall–Kier alpha value is -1.22. The van der Waals surface area contributed by atoms with Gasteiger partial charge in [-0.05, 0) is 18.1 Å². The van der Waals surface area contributed by atoms with Gasteiger partial charge in [0, 0.05) is 6.42 Å². The van der Waals surface area contributed by atoms with E-state index in [1.54, 1.807) is 0 Å². The molecule has 0 aromatic heterocycles. The maximum Gasteiger partial charge on any atom is 0.0127 e. The Morgan fingerprint density at radius 2 is 2.50 bits per heavy atom. The van der Waals surface area contributed by atoms with Crippen molar-refractivity contribution >= 4 is 0 Å². The predicted molar refractivity (Wildman–Crippen MR) is 42.4 cm³/mol. The predicted octanol–water partition coefficient (Wildman–Crippen LogP) is 2.05. The lowest BCUT2D eigenvalue weighted by atomic mass is 10.1. The molecule has 10 heavy (non-hydrogen) atoms. The fourth-order valence-electron chi connectivity index (χ4n) is 0.803. The van der Waals surface area contributed by atoms with Gasteiger partial charge >= 0.3 is 0 Å². The number of hydrogen-bond acceptors (Lipinski definition) is 0. The molecule has 49 valence electrons. The van der Waals surface area contributed by atoms with Crippen molar-refractivity contribution in [3.63, 3.8) is 0 Å². The number of benzene rings is 1. The molecule has 0 fully saturated rings. The van der Waals surface area contributed by atoms with E-state index < -0.39 is 0 Å². The molecule has 0 unspecified atom stereocenters. The number of rotatable bonds is 2. The highest BCUT2D eigenvalue weighted by molar-refractivity contribution is 5.14. The van der Waals surface area contributed by atoms with E-state index in [1.807, 2.05) is 18.2 Å². The molecule has 0 atom stereocenters. The van der Waals surface area contributed by atoms with Gasteiger partial charge in [0.05, 0.1) is 0 Å². The van der Waals surface area contributed by atoms with Gasteiger partial charge in [0.25, 0.3) is 0 Å². The number of aryl methyl sites for hydroxylation is 1. The maximum absolute atomic E-state index is 5.12. The third kappa shape index (κ3) is 1.95. The van der Waals surface area contributed by atoms with E-state index in [2.05, 4.69) is 18.1 Å².